The molecule has 4 heteroatoms. The standard InChI is InChI=1S/C15H21NO3/c1-9-5-12(18-4)10(2)11(3)13(9)14(17)15(6-16)7-19-8-15/h5H,6-8,16H2,1-4H3. The first-order valence-electron chi connectivity index (χ1n) is 6.44. The van der Waals surface area contributed by atoms with Crippen molar-refractivity contribution in [3.8, 4) is 5.75 Å². The predicted octanol–water partition coefficient (Wildman–Crippen LogP) is 1.78. The summed E-state index contributed by atoms with van der Waals surface area (Å²) >= 11 is 0. The number of hydrogen-bond donors (Lipinski definition) is 1. The summed E-state index contributed by atoms with van der Waals surface area (Å²) in [4.78, 5) is 12.8. The Hall–Kier alpha value is -1.39. The molecule has 1 aromatic rings. The number of aryl methyl sites for hydroxylation is 1. The minimum absolute atomic E-state index is 0.0991. The molecule has 0 saturated carbocycles. The summed E-state index contributed by atoms with van der Waals surface area (Å²) in [6.07, 6.45) is 0. The fourth-order valence-electron chi connectivity index (χ4n) is 2.56. The lowest BCUT2D eigenvalue weighted by molar-refractivity contribution is -0.0816. The number of ether oxygens (including phenoxy) is 2. The summed E-state index contributed by atoms with van der Waals surface area (Å²) in [6, 6.07) is 1.92. The molecule has 0 radical (unpaired) electrons. The van der Waals surface area contributed by atoms with Gasteiger partial charge >= 0.3 is 0 Å². The molecule has 0 aliphatic carbocycles. The van der Waals surface area contributed by atoms with Crippen LogP contribution in [0.15, 0.2) is 6.07 Å². The maximum atomic E-state index is 12.8. The summed E-state index contributed by atoms with van der Waals surface area (Å²) in [5, 5.41) is 0. The van der Waals surface area contributed by atoms with Crippen LogP contribution in [0.2, 0.25) is 0 Å². The third-order valence-electron chi connectivity index (χ3n) is 4.13. The van der Waals surface area contributed by atoms with Crippen molar-refractivity contribution in [1.82, 2.24) is 0 Å². The van der Waals surface area contributed by atoms with E-state index < -0.39 is 5.41 Å². The summed E-state index contributed by atoms with van der Waals surface area (Å²) in [7, 11) is 1.64. The Kier molecular flexibility index (Phi) is 3.65. The molecule has 1 fully saturated rings. The van der Waals surface area contributed by atoms with E-state index in [1.807, 2.05) is 26.8 Å². The first-order chi connectivity index (χ1) is 8.96. The smallest absolute Gasteiger partial charge is 0.175 e. The zero-order valence-corrected chi connectivity index (χ0v) is 12.0. The zero-order valence-electron chi connectivity index (χ0n) is 12.0. The molecule has 1 aromatic carbocycles. The first-order valence-corrected chi connectivity index (χ1v) is 6.44. The molecule has 0 unspecified atom stereocenters. The number of carbonyl (C=O) groups excluding carboxylic acids is 1. The van der Waals surface area contributed by atoms with E-state index in [1.54, 1.807) is 7.11 Å². The average Bonchev–Trinajstić information content (AvgIpc) is 2.33. The zero-order chi connectivity index (χ0) is 14.2. The average molecular weight is 263 g/mol. The van der Waals surface area contributed by atoms with Gasteiger partial charge in [-0.3, -0.25) is 4.79 Å². The van der Waals surface area contributed by atoms with Crippen LogP contribution in [0.5, 0.6) is 5.75 Å². The second-order valence-corrected chi connectivity index (χ2v) is 5.33. The van der Waals surface area contributed by atoms with Crippen LogP contribution in [0.4, 0.5) is 0 Å². The van der Waals surface area contributed by atoms with E-state index in [2.05, 4.69) is 0 Å². The van der Waals surface area contributed by atoms with Gasteiger partial charge in [0.2, 0.25) is 0 Å². The highest BCUT2D eigenvalue weighted by atomic mass is 16.5. The third-order valence-corrected chi connectivity index (χ3v) is 4.13. The van der Waals surface area contributed by atoms with E-state index in [9.17, 15) is 4.79 Å². The molecule has 0 aromatic heterocycles. The highest BCUT2D eigenvalue weighted by molar-refractivity contribution is 6.04. The van der Waals surface area contributed by atoms with E-state index in [-0.39, 0.29) is 5.78 Å². The second-order valence-electron chi connectivity index (χ2n) is 5.33. The van der Waals surface area contributed by atoms with E-state index >= 15 is 0 Å². The van der Waals surface area contributed by atoms with Gasteiger partial charge in [0.15, 0.2) is 5.78 Å². The van der Waals surface area contributed by atoms with Crippen molar-refractivity contribution in [2.45, 2.75) is 20.8 Å². The molecule has 4 nitrogen and oxygen atoms in total. The molecule has 1 aliphatic heterocycles. The van der Waals surface area contributed by atoms with Crippen molar-refractivity contribution in [1.29, 1.82) is 0 Å². The molecule has 1 aliphatic rings. The molecule has 1 saturated heterocycles. The molecule has 0 bridgehead atoms. The molecule has 19 heavy (non-hydrogen) atoms. The number of nitrogens with two attached hydrogens (primary N) is 1. The quantitative estimate of drug-likeness (QED) is 0.841. The summed E-state index contributed by atoms with van der Waals surface area (Å²) in [5.74, 6) is 0.917. The Labute approximate surface area is 113 Å². The number of rotatable bonds is 4. The summed E-state index contributed by atoms with van der Waals surface area (Å²) in [6.45, 7) is 7.04. The number of carbonyl (C=O) groups is 1. The molecule has 0 atom stereocenters. The van der Waals surface area contributed by atoms with Crippen LogP contribution in [0.1, 0.15) is 27.0 Å². The Bertz CT molecular complexity index is 513. The van der Waals surface area contributed by atoms with Crippen molar-refractivity contribution in [2.24, 2.45) is 11.1 Å². The SMILES string of the molecule is COc1cc(C)c(C(=O)C2(CN)COC2)c(C)c1C. The lowest BCUT2D eigenvalue weighted by Crippen LogP contribution is -2.54. The Morgan fingerprint density at radius 2 is 2.00 bits per heavy atom. The fourth-order valence-corrected chi connectivity index (χ4v) is 2.56. The number of methoxy groups -OCH3 is 1. The minimum Gasteiger partial charge on any atom is -0.496 e. The van der Waals surface area contributed by atoms with Gasteiger partial charge in [-0.15, -0.1) is 0 Å². The van der Waals surface area contributed by atoms with Gasteiger partial charge in [0.25, 0.3) is 0 Å². The maximum absolute atomic E-state index is 12.8. The van der Waals surface area contributed by atoms with Gasteiger partial charge in [0.05, 0.1) is 25.7 Å². The Morgan fingerprint density at radius 1 is 1.37 bits per heavy atom. The van der Waals surface area contributed by atoms with Crippen molar-refractivity contribution < 1.29 is 14.3 Å². The van der Waals surface area contributed by atoms with Crippen LogP contribution in [-0.2, 0) is 4.74 Å². The monoisotopic (exact) mass is 263 g/mol. The Morgan fingerprint density at radius 3 is 2.42 bits per heavy atom. The molecule has 2 rings (SSSR count). The molecular formula is C15H21NO3. The molecule has 0 spiro atoms. The van der Waals surface area contributed by atoms with Crippen LogP contribution in [-0.4, -0.2) is 32.7 Å². The number of hydrogen-bond acceptors (Lipinski definition) is 4. The number of Topliss-reactive ketones (excluding diaryl/α,β-unsaturated/α-hetero) is 1. The highest BCUT2D eigenvalue weighted by Gasteiger charge is 2.45. The minimum atomic E-state index is -0.531. The van der Waals surface area contributed by atoms with E-state index in [0.29, 0.717) is 19.8 Å². The van der Waals surface area contributed by atoms with Gasteiger partial charge < -0.3 is 15.2 Å². The summed E-state index contributed by atoms with van der Waals surface area (Å²) in [5.41, 5.74) is 8.93. The van der Waals surface area contributed by atoms with E-state index in [1.165, 1.54) is 0 Å². The van der Waals surface area contributed by atoms with Crippen molar-refractivity contribution in [3.63, 3.8) is 0 Å². The third kappa shape index (κ3) is 2.05. The molecule has 2 N–H and O–H groups in total. The van der Waals surface area contributed by atoms with Gasteiger partial charge in [-0.2, -0.15) is 0 Å². The number of ketones is 1. The largest absolute Gasteiger partial charge is 0.496 e. The topological polar surface area (TPSA) is 61.5 Å². The van der Waals surface area contributed by atoms with Gasteiger partial charge in [-0.05, 0) is 43.5 Å². The first kappa shape index (κ1) is 14.0. The van der Waals surface area contributed by atoms with Crippen LogP contribution in [0.3, 0.4) is 0 Å². The second kappa shape index (κ2) is 4.94. The molecule has 0 amide bonds. The molecule has 104 valence electrons. The normalized spacial score (nSPS) is 16.9. The van der Waals surface area contributed by atoms with Crippen LogP contribution >= 0.6 is 0 Å². The van der Waals surface area contributed by atoms with Gasteiger partial charge in [0, 0.05) is 12.1 Å². The van der Waals surface area contributed by atoms with Crippen molar-refractivity contribution >= 4 is 5.78 Å². The predicted molar refractivity (Wildman–Crippen MR) is 73.8 cm³/mol. The highest BCUT2D eigenvalue weighted by Crippen LogP contribution is 2.35. The van der Waals surface area contributed by atoms with Crippen molar-refractivity contribution in [3.05, 3.63) is 28.3 Å². The molecule has 1 heterocycles. The molecular weight excluding hydrogens is 242 g/mol. The van der Waals surface area contributed by atoms with Gasteiger partial charge in [-0.1, -0.05) is 0 Å². The van der Waals surface area contributed by atoms with Gasteiger partial charge in [-0.25, -0.2) is 0 Å². The summed E-state index contributed by atoms with van der Waals surface area (Å²) < 4.78 is 10.5. The van der Waals surface area contributed by atoms with Crippen LogP contribution < -0.4 is 10.5 Å². The van der Waals surface area contributed by atoms with Crippen molar-refractivity contribution in [2.75, 3.05) is 26.9 Å². The fraction of sp³-hybridized carbons (Fsp3) is 0.533. The lowest BCUT2D eigenvalue weighted by atomic mass is 9.76. The van der Waals surface area contributed by atoms with E-state index in [4.69, 9.17) is 15.2 Å². The van der Waals surface area contributed by atoms with Crippen LogP contribution in [0.25, 0.3) is 0 Å². The van der Waals surface area contributed by atoms with E-state index in [0.717, 1.165) is 28.0 Å². The Balaban J connectivity index is 2.51. The number of benzene rings is 1. The maximum Gasteiger partial charge on any atom is 0.175 e. The lowest BCUT2D eigenvalue weighted by Gasteiger charge is -2.39. The van der Waals surface area contributed by atoms with Crippen LogP contribution in [0, 0.1) is 26.2 Å². The van der Waals surface area contributed by atoms with Gasteiger partial charge in [0.1, 0.15) is 5.75 Å².